The van der Waals surface area contributed by atoms with Crippen LogP contribution in [0.2, 0.25) is 0 Å². The maximum absolute atomic E-state index is 13.1. The van der Waals surface area contributed by atoms with Gasteiger partial charge in [0, 0.05) is 18.0 Å². The first-order valence-corrected chi connectivity index (χ1v) is 6.43. The van der Waals surface area contributed by atoms with E-state index in [1.165, 1.54) is 17.7 Å². The van der Waals surface area contributed by atoms with Gasteiger partial charge in [0.15, 0.2) is 0 Å². The second-order valence-corrected chi connectivity index (χ2v) is 5.14. The van der Waals surface area contributed by atoms with E-state index in [4.69, 9.17) is 0 Å². The topological polar surface area (TPSA) is 37.8 Å². The second-order valence-electron chi connectivity index (χ2n) is 5.14. The lowest BCUT2D eigenvalue weighted by atomic mass is 9.80. The number of hydrogen-bond donors (Lipinski definition) is 1. The Hall–Kier alpha value is -1.97. The van der Waals surface area contributed by atoms with Crippen molar-refractivity contribution in [1.29, 1.82) is 0 Å². The highest BCUT2D eigenvalue weighted by molar-refractivity contribution is 5.53. The van der Waals surface area contributed by atoms with E-state index < -0.39 is 0 Å². The van der Waals surface area contributed by atoms with Crippen molar-refractivity contribution in [2.75, 3.05) is 12.4 Å². The molecule has 0 saturated carbocycles. The fourth-order valence-electron chi connectivity index (χ4n) is 2.93. The van der Waals surface area contributed by atoms with Crippen molar-refractivity contribution in [1.82, 2.24) is 9.97 Å². The average Bonchev–Trinajstić information content (AvgIpc) is 2.78. The third-order valence-electron chi connectivity index (χ3n) is 4.06. The molecule has 1 unspecified atom stereocenters. The third kappa shape index (κ3) is 1.79. The number of benzene rings is 1. The number of rotatable bonds is 2. The smallest absolute Gasteiger partial charge is 0.132 e. The quantitative estimate of drug-likeness (QED) is 0.899. The van der Waals surface area contributed by atoms with E-state index in [0.29, 0.717) is 0 Å². The summed E-state index contributed by atoms with van der Waals surface area (Å²) in [6.45, 7) is 2.17. The van der Waals surface area contributed by atoms with Crippen LogP contribution in [0.3, 0.4) is 0 Å². The van der Waals surface area contributed by atoms with Crippen molar-refractivity contribution in [2.24, 2.45) is 0 Å². The van der Waals surface area contributed by atoms with Gasteiger partial charge in [-0.2, -0.15) is 0 Å². The van der Waals surface area contributed by atoms with E-state index >= 15 is 0 Å². The molecule has 1 aliphatic rings. The molecule has 0 bridgehead atoms. The van der Waals surface area contributed by atoms with Crippen LogP contribution in [0.4, 0.5) is 10.2 Å². The molecule has 1 atom stereocenters. The molecule has 1 aromatic carbocycles. The van der Waals surface area contributed by atoms with Gasteiger partial charge < -0.3 is 5.32 Å². The normalized spacial score (nSPS) is 21.2. The highest BCUT2D eigenvalue weighted by atomic mass is 19.1. The van der Waals surface area contributed by atoms with E-state index in [2.05, 4.69) is 22.2 Å². The van der Waals surface area contributed by atoms with Crippen LogP contribution in [-0.4, -0.2) is 17.0 Å². The third-order valence-corrected chi connectivity index (χ3v) is 4.06. The summed E-state index contributed by atoms with van der Waals surface area (Å²) < 4.78 is 13.1. The molecule has 1 N–H and O–H groups in total. The summed E-state index contributed by atoms with van der Waals surface area (Å²) in [7, 11) is 1.87. The molecule has 0 amide bonds. The van der Waals surface area contributed by atoms with Gasteiger partial charge in [-0.3, -0.25) is 0 Å². The lowest BCUT2D eigenvalue weighted by molar-refractivity contribution is 0.548. The molecule has 98 valence electrons. The lowest BCUT2D eigenvalue weighted by Crippen LogP contribution is -2.21. The first-order chi connectivity index (χ1) is 9.15. The summed E-state index contributed by atoms with van der Waals surface area (Å²) in [6, 6.07) is 6.73. The molecule has 1 aliphatic carbocycles. The number of fused-ring (bicyclic) bond motifs is 1. The maximum Gasteiger partial charge on any atom is 0.132 e. The minimum atomic E-state index is -0.204. The van der Waals surface area contributed by atoms with Gasteiger partial charge in [0.05, 0.1) is 5.69 Å². The van der Waals surface area contributed by atoms with Crippen molar-refractivity contribution in [3.63, 3.8) is 0 Å². The zero-order chi connectivity index (χ0) is 13.5. The Morgan fingerprint density at radius 3 is 2.63 bits per heavy atom. The standard InChI is InChI=1S/C15H16FN3/c1-15(10-3-5-11(16)6-4-10)8-7-12-13(15)18-9-19-14(12)17-2/h3-6,9H,7-8H2,1-2H3,(H,17,18,19). The fraction of sp³-hybridized carbons (Fsp3) is 0.333. The Morgan fingerprint density at radius 1 is 1.21 bits per heavy atom. The molecular weight excluding hydrogens is 241 g/mol. The Kier molecular flexibility index (Phi) is 2.73. The van der Waals surface area contributed by atoms with Crippen molar-refractivity contribution < 1.29 is 4.39 Å². The molecule has 0 fully saturated rings. The molecular formula is C15H16FN3. The molecule has 1 heterocycles. The largest absolute Gasteiger partial charge is 0.373 e. The van der Waals surface area contributed by atoms with Gasteiger partial charge in [-0.05, 0) is 37.5 Å². The van der Waals surface area contributed by atoms with Crippen LogP contribution in [0.5, 0.6) is 0 Å². The molecule has 3 rings (SSSR count). The highest BCUT2D eigenvalue weighted by Crippen LogP contribution is 2.44. The van der Waals surface area contributed by atoms with Crippen molar-refractivity contribution in [3.05, 3.63) is 53.2 Å². The Bertz CT molecular complexity index is 609. The van der Waals surface area contributed by atoms with Gasteiger partial charge in [0.2, 0.25) is 0 Å². The van der Waals surface area contributed by atoms with Crippen LogP contribution in [0.15, 0.2) is 30.6 Å². The minimum absolute atomic E-state index is 0.155. The molecule has 19 heavy (non-hydrogen) atoms. The molecule has 0 radical (unpaired) electrons. The van der Waals surface area contributed by atoms with Gasteiger partial charge >= 0.3 is 0 Å². The molecule has 0 aliphatic heterocycles. The monoisotopic (exact) mass is 257 g/mol. The zero-order valence-electron chi connectivity index (χ0n) is 11.1. The van der Waals surface area contributed by atoms with Gasteiger partial charge in [0.25, 0.3) is 0 Å². The Labute approximate surface area is 111 Å². The Morgan fingerprint density at radius 2 is 1.95 bits per heavy atom. The Balaban J connectivity index is 2.12. The maximum atomic E-state index is 13.1. The summed E-state index contributed by atoms with van der Waals surface area (Å²) in [6.07, 6.45) is 3.51. The first-order valence-electron chi connectivity index (χ1n) is 6.43. The van der Waals surface area contributed by atoms with Gasteiger partial charge in [-0.1, -0.05) is 12.1 Å². The van der Waals surface area contributed by atoms with Crippen LogP contribution in [0.25, 0.3) is 0 Å². The van der Waals surface area contributed by atoms with Gasteiger partial charge in [-0.15, -0.1) is 0 Å². The zero-order valence-corrected chi connectivity index (χ0v) is 11.1. The number of nitrogens with zero attached hydrogens (tertiary/aromatic N) is 2. The summed E-state index contributed by atoms with van der Waals surface area (Å²) >= 11 is 0. The summed E-state index contributed by atoms with van der Waals surface area (Å²) in [5.41, 5.74) is 3.18. The van der Waals surface area contributed by atoms with Gasteiger partial charge in [-0.25, -0.2) is 14.4 Å². The number of nitrogens with one attached hydrogen (secondary N) is 1. The van der Waals surface area contributed by atoms with Crippen molar-refractivity contribution in [3.8, 4) is 0 Å². The number of aromatic nitrogens is 2. The summed E-state index contributed by atoms with van der Waals surface area (Å²) in [5.74, 6) is 0.694. The summed E-state index contributed by atoms with van der Waals surface area (Å²) in [4.78, 5) is 8.73. The minimum Gasteiger partial charge on any atom is -0.373 e. The van der Waals surface area contributed by atoms with E-state index in [1.807, 2.05) is 19.2 Å². The van der Waals surface area contributed by atoms with Crippen LogP contribution >= 0.6 is 0 Å². The molecule has 0 spiro atoms. The molecule has 4 heteroatoms. The van der Waals surface area contributed by atoms with E-state index in [0.717, 1.165) is 29.9 Å². The fourth-order valence-corrected chi connectivity index (χ4v) is 2.93. The van der Waals surface area contributed by atoms with Crippen molar-refractivity contribution in [2.45, 2.75) is 25.2 Å². The van der Waals surface area contributed by atoms with E-state index in [9.17, 15) is 4.39 Å². The first kappa shape index (κ1) is 12.1. The SMILES string of the molecule is CNc1ncnc2c1CCC2(C)c1ccc(F)cc1. The molecule has 0 saturated heterocycles. The predicted molar refractivity (Wildman–Crippen MR) is 72.8 cm³/mol. The van der Waals surface area contributed by atoms with E-state index in [1.54, 1.807) is 6.33 Å². The second kappa shape index (κ2) is 4.30. The molecule has 3 nitrogen and oxygen atoms in total. The predicted octanol–water partition coefficient (Wildman–Crippen LogP) is 2.91. The van der Waals surface area contributed by atoms with Crippen LogP contribution in [-0.2, 0) is 11.8 Å². The summed E-state index contributed by atoms with van der Waals surface area (Å²) in [5, 5.41) is 3.11. The van der Waals surface area contributed by atoms with E-state index in [-0.39, 0.29) is 11.2 Å². The van der Waals surface area contributed by atoms with Crippen molar-refractivity contribution >= 4 is 5.82 Å². The van der Waals surface area contributed by atoms with Crippen LogP contribution in [0, 0.1) is 5.82 Å². The molecule has 1 aromatic heterocycles. The number of anilines is 1. The van der Waals surface area contributed by atoms with Crippen LogP contribution in [0.1, 0.15) is 30.2 Å². The molecule has 2 aromatic rings. The number of hydrogen-bond acceptors (Lipinski definition) is 3. The lowest BCUT2D eigenvalue weighted by Gasteiger charge is -2.25. The highest BCUT2D eigenvalue weighted by Gasteiger charge is 2.38. The average molecular weight is 257 g/mol. The number of halogens is 1. The van der Waals surface area contributed by atoms with Crippen LogP contribution < -0.4 is 5.32 Å². The van der Waals surface area contributed by atoms with Gasteiger partial charge in [0.1, 0.15) is 18.0 Å².